The zero-order valence-electron chi connectivity index (χ0n) is 11.0. The third-order valence-electron chi connectivity index (χ3n) is 2.61. The first-order chi connectivity index (χ1) is 8.51. The fraction of sp³-hybridized carbons (Fsp3) is 1.00. The minimum atomic E-state index is -1.49. The number of methoxy groups -OCH3 is 2. The molecular weight excluding hydrogens is 244 g/mol. The van der Waals surface area contributed by atoms with E-state index in [2.05, 4.69) is 0 Å². The molecule has 0 heterocycles. The maximum Gasteiger partial charge on any atom is 0.134 e. The molecule has 0 aliphatic heterocycles. The summed E-state index contributed by atoms with van der Waals surface area (Å²) in [4.78, 5) is 0. The molecule has 18 heavy (non-hydrogen) atoms. The lowest BCUT2D eigenvalue weighted by Crippen LogP contribution is -2.46. The number of rotatable bonds is 11. The molecule has 0 aromatic rings. The number of hydrogen-bond donors (Lipinski definition) is 4. The van der Waals surface area contributed by atoms with E-state index in [4.69, 9.17) is 19.3 Å². The second kappa shape index (κ2) is 8.76. The van der Waals surface area contributed by atoms with Crippen LogP contribution in [0.15, 0.2) is 0 Å². The Morgan fingerprint density at radius 3 is 1.72 bits per heavy atom. The predicted molar refractivity (Wildman–Crippen MR) is 63.2 cm³/mol. The van der Waals surface area contributed by atoms with Crippen LogP contribution in [0.1, 0.15) is 0 Å². The molecular formula is C11H24O7. The van der Waals surface area contributed by atoms with Gasteiger partial charge in [-0.15, -0.1) is 0 Å². The summed E-state index contributed by atoms with van der Waals surface area (Å²) in [7, 11) is 2.85. The fourth-order valence-corrected chi connectivity index (χ4v) is 1.44. The standard InChI is InChI=1S/C11H24O7/c1-16-6-10(3-12,4-13)7-18-9-11(15,5-14)8-17-2/h12-15H,3-9H2,1-2H3. The molecule has 0 spiro atoms. The SMILES string of the molecule is COCC(O)(CO)COCC(CO)(CO)COC. The molecule has 110 valence electrons. The highest BCUT2D eigenvalue weighted by atomic mass is 16.5. The monoisotopic (exact) mass is 268 g/mol. The van der Waals surface area contributed by atoms with E-state index >= 15 is 0 Å². The van der Waals surface area contributed by atoms with Crippen LogP contribution in [0.2, 0.25) is 0 Å². The molecule has 0 bridgehead atoms. The van der Waals surface area contributed by atoms with Gasteiger partial charge in [-0.3, -0.25) is 0 Å². The fourth-order valence-electron chi connectivity index (χ4n) is 1.44. The number of hydrogen-bond acceptors (Lipinski definition) is 7. The van der Waals surface area contributed by atoms with Crippen LogP contribution in [0, 0.1) is 5.41 Å². The summed E-state index contributed by atoms with van der Waals surface area (Å²) in [5.74, 6) is 0. The molecule has 7 heteroatoms. The number of aliphatic hydroxyl groups is 4. The van der Waals surface area contributed by atoms with Crippen LogP contribution in [0.5, 0.6) is 0 Å². The van der Waals surface area contributed by atoms with Crippen LogP contribution >= 0.6 is 0 Å². The van der Waals surface area contributed by atoms with E-state index in [1.165, 1.54) is 14.2 Å². The first-order valence-corrected chi connectivity index (χ1v) is 5.62. The van der Waals surface area contributed by atoms with E-state index in [1.807, 2.05) is 0 Å². The maximum absolute atomic E-state index is 9.84. The van der Waals surface area contributed by atoms with E-state index in [1.54, 1.807) is 0 Å². The third kappa shape index (κ3) is 5.57. The molecule has 7 nitrogen and oxygen atoms in total. The van der Waals surface area contributed by atoms with Crippen molar-refractivity contribution < 1.29 is 34.6 Å². The van der Waals surface area contributed by atoms with Crippen LogP contribution in [-0.2, 0) is 14.2 Å². The van der Waals surface area contributed by atoms with Crippen molar-refractivity contribution in [1.82, 2.24) is 0 Å². The lowest BCUT2D eigenvalue weighted by atomic mass is 9.92. The molecule has 4 N–H and O–H groups in total. The normalized spacial score (nSPS) is 15.7. The summed E-state index contributed by atoms with van der Waals surface area (Å²) >= 11 is 0. The molecule has 0 rings (SSSR count). The van der Waals surface area contributed by atoms with Gasteiger partial charge in [0.05, 0.1) is 51.7 Å². The third-order valence-corrected chi connectivity index (χ3v) is 2.61. The highest BCUT2D eigenvalue weighted by Crippen LogP contribution is 2.17. The van der Waals surface area contributed by atoms with Gasteiger partial charge in [-0.2, -0.15) is 0 Å². The highest BCUT2D eigenvalue weighted by Gasteiger charge is 2.32. The molecule has 0 aromatic heterocycles. The Balaban J connectivity index is 4.27. The van der Waals surface area contributed by atoms with Crippen LogP contribution in [0.25, 0.3) is 0 Å². The molecule has 1 unspecified atom stereocenters. The number of ether oxygens (including phenoxy) is 3. The van der Waals surface area contributed by atoms with Gasteiger partial charge in [0.15, 0.2) is 0 Å². The quantitative estimate of drug-likeness (QED) is 0.343. The predicted octanol–water partition coefficient (Wildman–Crippen LogP) is -2.01. The van der Waals surface area contributed by atoms with Crippen molar-refractivity contribution in [2.24, 2.45) is 5.41 Å². The second-order valence-corrected chi connectivity index (χ2v) is 4.56. The Morgan fingerprint density at radius 1 is 0.778 bits per heavy atom. The Kier molecular flexibility index (Phi) is 8.62. The Bertz CT molecular complexity index is 208. The van der Waals surface area contributed by atoms with E-state index in [0.717, 1.165) is 0 Å². The summed E-state index contributed by atoms with van der Waals surface area (Å²) in [5, 5.41) is 37.3. The van der Waals surface area contributed by atoms with Gasteiger partial charge in [0.2, 0.25) is 0 Å². The average Bonchev–Trinajstić information content (AvgIpc) is 2.38. The van der Waals surface area contributed by atoms with Crippen LogP contribution < -0.4 is 0 Å². The molecule has 1 atom stereocenters. The van der Waals surface area contributed by atoms with Gasteiger partial charge in [-0.25, -0.2) is 0 Å². The minimum Gasteiger partial charge on any atom is -0.396 e. The van der Waals surface area contributed by atoms with Gasteiger partial charge >= 0.3 is 0 Å². The van der Waals surface area contributed by atoms with Crippen molar-refractivity contribution in [2.75, 3.05) is 60.5 Å². The van der Waals surface area contributed by atoms with Crippen molar-refractivity contribution >= 4 is 0 Å². The first-order valence-electron chi connectivity index (χ1n) is 5.62. The van der Waals surface area contributed by atoms with Crippen LogP contribution in [-0.4, -0.2) is 86.5 Å². The smallest absolute Gasteiger partial charge is 0.134 e. The van der Waals surface area contributed by atoms with Crippen molar-refractivity contribution in [3.63, 3.8) is 0 Å². The first kappa shape index (κ1) is 17.7. The molecule has 0 saturated heterocycles. The lowest BCUT2D eigenvalue weighted by Gasteiger charge is -2.31. The molecule has 0 amide bonds. The van der Waals surface area contributed by atoms with Crippen molar-refractivity contribution in [3.05, 3.63) is 0 Å². The Morgan fingerprint density at radius 2 is 1.33 bits per heavy atom. The largest absolute Gasteiger partial charge is 0.396 e. The molecule has 0 aliphatic carbocycles. The zero-order valence-corrected chi connectivity index (χ0v) is 11.0. The van der Waals surface area contributed by atoms with E-state index in [-0.39, 0.29) is 39.6 Å². The van der Waals surface area contributed by atoms with E-state index in [9.17, 15) is 15.3 Å². The van der Waals surface area contributed by atoms with Crippen LogP contribution in [0.3, 0.4) is 0 Å². The van der Waals surface area contributed by atoms with Gasteiger partial charge < -0.3 is 34.6 Å². The summed E-state index contributed by atoms with van der Waals surface area (Å²) in [6.45, 7) is -1.22. The molecule has 0 fully saturated rings. The maximum atomic E-state index is 9.84. The van der Waals surface area contributed by atoms with Gasteiger partial charge in [0.25, 0.3) is 0 Å². The van der Waals surface area contributed by atoms with Gasteiger partial charge in [0, 0.05) is 14.2 Å². The second-order valence-electron chi connectivity index (χ2n) is 4.56. The minimum absolute atomic E-state index is 0.000135. The zero-order chi connectivity index (χ0) is 14.1. The summed E-state index contributed by atoms with van der Waals surface area (Å²) < 4.78 is 14.9. The Hall–Kier alpha value is -0.280. The lowest BCUT2D eigenvalue weighted by molar-refractivity contribution is -0.137. The van der Waals surface area contributed by atoms with Crippen LogP contribution in [0.4, 0.5) is 0 Å². The molecule has 0 aromatic carbocycles. The summed E-state index contributed by atoms with van der Waals surface area (Å²) in [6.07, 6.45) is 0. The Labute approximate surface area is 107 Å². The average molecular weight is 268 g/mol. The van der Waals surface area contributed by atoms with Gasteiger partial charge in [-0.1, -0.05) is 0 Å². The molecule has 0 radical (unpaired) electrons. The molecule has 0 saturated carbocycles. The summed E-state index contributed by atoms with van der Waals surface area (Å²) in [5.41, 5.74) is -2.41. The number of aliphatic hydroxyl groups excluding tert-OH is 3. The topological polar surface area (TPSA) is 109 Å². The van der Waals surface area contributed by atoms with Crippen molar-refractivity contribution in [3.8, 4) is 0 Å². The van der Waals surface area contributed by atoms with Gasteiger partial charge in [-0.05, 0) is 0 Å². The van der Waals surface area contributed by atoms with Crippen molar-refractivity contribution in [1.29, 1.82) is 0 Å². The van der Waals surface area contributed by atoms with E-state index in [0.29, 0.717) is 0 Å². The summed E-state index contributed by atoms with van der Waals surface area (Å²) in [6, 6.07) is 0. The van der Waals surface area contributed by atoms with Crippen molar-refractivity contribution in [2.45, 2.75) is 5.60 Å². The van der Waals surface area contributed by atoms with Gasteiger partial charge in [0.1, 0.15) is 5.60 Å². The molecule has 0 aliphatic rings. The highest BCUT2D eigenvalue weighted by molar-refractivity contribution is 4.80. The van der Waals surface area contributed by atoms with E-state index < -0.39 is 17.6 Å².